The fraction of sp³-hybridized carbons (Fsp3) is 0.370. The molecule has 0 spiro atoms. The van der Waals surface area contributed by atoms with Gasteiger partial charge in [0.05, 0.1) is 17.3 Å². The van der Waals surface area contributed by atoms with Crippen LogP contribution in [-0.4, -0.2) is 53.7 Å². The van der Waals surface area contributed by atoms with E-state index in [2.05, 4.69) is 5.32 Å². The molecule has 1 unspecified atom stereocenters. The number of nitrogens with one attached hydrogen (secondary N) is 1. The molecular weight excluding hydrogens is 462 g/mol. The summed E-state index contributed by atoms with van der Waals surface area (Å²) < 4.78 is 5.91. The van der Waals surface area contributed by atoms with E-state index < -0.39 is 0 Å². The number of thiophene rings is 1. The molecule has 0 aliphatic carbocycles. The summed E-state index contributed by atoms with van der Waals surface area (Å²) in [7, 11) is 0. The largest absolute Gasteiger partial charge is 0.460 e. The number of nitrogens with zero attached hydrogens (tertiary/aromatic N) is 2. The van der Waals surface area contributed by atoms with Crippen LogP contribution in [0.5, 0.6) is 0 Å². The van der Waals surface area contributed by atoms with Gasteiger partial charge in [0.25, 0.3) is 0 Å². The Hall–Kier alpha value is -3.39. The van der Waals surface area contributed by atoms with E-state index in [1.54, 1.807) is 21.1 Å². The number of benzene rings is 1. The van der Waals surface area contributed by atoms with E-state index in [0.717, 1.165) is 22.0 Å². The zero-order valence-corrected chi connectivity index (χ0v) is 20.8. The van der Waals surface area contributed by atoms with Crippen LogP contribution in [0.25, 0.3) is 10.6 Å². The lowest BCUT2D eigenvalue weighted by Crippen LogP contribution is -2.39. The highest BCUT2D eigenvalue weighted by Gasteiger charge is 2.26. The number of aryl methyl sites for hydroxylation is 1. The summed E-state index contributed by atoms with van der Waals surface area (Å²) in [5, 5.41) is 4.93. The van der Waals surface area contributed by atoms with Gasteiger partial charge >= 0.3 is 0 Å². The van der Waals surface area contributed by atoms with Crippen LogP contribution < -0.4 is 5.32 Å². The summed E-state index contributed by atoms with van der Waals surface area (Å²) in [4.78, 5) is 42.8. The van der Waals surface area contributed by atoms with Gasteiger partial charge in [-0.2, -0.15) is 0 Å². The molecule has 0 radical (unpaired) electrons. The average Bonchev–Trinajstić information content (AvgIpc) is 3.54. The second-order valence-corrected chi connectivity index (χ2v) is 9.62. The maximum absolute atomic E-state index is 13.0. The van der Waals surface area contributed by atoms with Crippen LogP contribution in [0.3, 0.4) is 0 Å². The minimum Gasteiger partial charge on any atom is -0.460 e. The molecule has 1 fully saturated rings. The average molecular weight is 494 g/mol. The van der Waals surface area contributed by atoms with Crippen LogP contribution in [-0.2, 0) is 20.8 Å². The van der Waals surface area contributed by atoms with Crippen LogP contribution in [0, 0.1) is 0 Å². The van der Waals surface area contributed by atoms with Gasteiger partial charge in [-0.3, -0.25) is 14.4 Å². The minimum absolute atomic E-state index is 0.0153. The third-order valence-corrected chi connectivity index (χ3v) is 7.12. The first-order chi connectivity index (χ1) is 17.0. The second kappa shape index (κ2) is 11.8. The molecule has 1 aromatic carbocycles. The number of furan rings is 1. The van der Waals surface area contributed by atoms with Crippen LogP contribution >= 0.6 is 11.3 Å². The Morgan fingerprint density at radius 3 is 2.63 bits per heavy atom. The first kappa shape index (κ1) is 24.7. The Balaban J connectivity index is 1.39. The van der Waals surface area contributed by atoms with Gasteiger partial charge in [-0.15, -0.1) is 11.3 Å². The van der Waals surface area contributed by atoms with E-state index in [1.807, 2.05) is 60.0 Å². The Morgan fingerprint density at radius 2 is 1.89 bits per heavy atom. The second-order valence-electron chi connectivity index (χ2n) is 8.67. The molecule has 3 amide bonds. The number of rotatable bonds is 5. The summed E-state index contributed by atoms with van der Waals surface area (Å²) in [6.07, 6.45) is 1.69. The van der Waals surface area contributed by atoms with Gasteiger partial charge in [-0.25, -0.2) is 0 Å². The highest BCUT2D eigenvalue weighted by molar-refractivity contribution is 7.13. The van der Waals surface area contributed by atoms with E-state index in [1.165, 1.54) is 6.92 Å². The Labute approximate surface area is 209 Å². The van der Waals surface area contributed by atoms with Crippen LogP contribution in [0.4, 0.5) is 0 Å². The molecule has 35 heavy (non-hydrogen) atoms. The fourth-order valence-corrected chi connectivity index (χ4v) is 5.13. The molecule has 184 valence electrons. The molecule has 3 heterocycles. The third-order valence-electron chi connectivity index (χ3n) is 6.24. The third kappa shape index (κ3) is 6.60. The number of carbonyl (C=O) groups is 3. The summed E-state index contributed by atoms with van der Waals surface area (Å²) >= 11 is 1.62. The normalized spacial score (nSPS) is 17.5. The Bertz CT molecular complexity index is 1130. The summed E-state index contributed by atoms with van der Waals surface area (Å²) in [6, 6.07) is 17.2. The van der Waals surface area contributed by atoms with Crippen molar-refractivity contribution in [1.29, 1.82) is 0 Å². The van der Waals surface area contributed by atoms with E-state index in [-0.39, 0.29) is 30.2 Å². The molecule has 0 saturated carbocycles. The van der Waals surface area contributed by atoms with Crippen molar-refractivity contribution in [3.63, 3.8) is 0 Å². The quantitative estimate of drug-likeness (QED) is 0.576. The lowest BCUT2D eigenvalue weighted by Gasteiger charge is -2.31. The van der Waals surface area contributed by atoms with Crippen molar-refractivity contribution >= 4 is 29.1 Å². The Morgan fingerprint density at radius 1 is 1.06 bits per heavy atom. The van der Waals surface area contributed by atoms with Gasteiger partial charge < -0.3 is 19.5 Å². The van der Waals surface area contributed by atoms with E-state index in [0.29, 0.717) is 45.4 Å². The summed E-state index contributed by atoms with van der Waals surface area (Å²) in [5.74, 6) is 1.40. The van der Waals surface area contributed by atoms with Crippen molar-refractivity contribution in [2.45, 2.75) is 38.6 Å². The molecule has 1 saturated heterocycles. The van der Waals surface area contributed by atoms with Crippen molar-refractivity contribution in [3.8, 4) is 10.6 Å². The maximum Gasteiger partial charge on any atom is 0.223 e. The molecule has 7 nitrogen and oxygen atoms in total. The summed E-state index contributed by atoms with van der Waals surface area (Å²) in [5.41, 5.74) is 0.936. The molecule has 8 heteroatoms. The van der Waals surface area contributed by atoms with Crippen LogP contribution in [0.1, 0.15) is 43.6 Å². The molecule has 1 N–H and O–H groups in total. The number of carbonyl (C=O) groups excluding carboxylic acids is 3. The van der Waals surface area contributed by atoms with Crippen LogP contribution in [0.2, 0.25) is 0 Å². The highest BCUT2D eigenvalue weighted by Crippen LogP contribution is 2.27. The van der Waals surface area contributed by atoms with Crippen molar-refractivity contribution < 1.29 is 18.8 Å². The van der Waals surface area contributed by atoms with Crippen molar-refractivity contribution in [2.24, 2.45) is 0 Å². The molecular formula is C27H31N3O4S. The molecule has 4 rings (SSSR count). The summed E-state index contributed by atoms with van der Waals surface area (Å²) in [6.45, 7) is 3.37. The predicted octanol–water partition coefficient (Wildman–Crippen LogP) is 4.27. The first-order valence-electron chi connectivity index (χ1n) is 12.0. The molecule has 3 aromatic rings. The van der Waals surface area contributed by atoms with Crippen molar-refractivity contribution in [3.05, 3.63) is 71.3 Å². The van der Waals surface area contributed by atoms with Gasteiger partial charge in [0, 0.05) is 45.9 Å². The molecule has 0 bridgehead atoms. The van der Waals surface area contributed by atoms with E-state index in [9.17, 15) is 14.4 Å². The number of hydrogen-bond acceptors (Lipinski definition) is 5. The SMILES string of the molecule is CC(=O)N1CCCN(C(=O)CCc2ccc(-c3cccs3)o2)CCNC(=O)CC1c1ccccc1. The molecule has 2 aromatic heterocycles. The minimum atomic E-state index is -0.326. The maximum atomic E-state index is 13.0. The van der Waals surface area contributed by atoms with Crippen molar-refractivity contribution in [2.75, 3.05) is 26.2 Å². The van der Waals surface area contributed by atoms with Gasteiger partial charge in [0.1, 0.15) is 11.5 Å². The zero-order valence-electron chi connectivity index (χ0n) is 19.9. The van der Waals surface area contributed by atoms with Crippen LogP contribution in [0.15, 0.2) is 64.4 Å². The lowest BCUT2D eigenvalue weighted by molar-refractivity contribution is -0.132. The van der Waals surface area contributed by atoms with E-state index >= 15 is 0 Å². The Kier molecular flexibility index (Phi) is 8.36. The topological polar surface area (TPSA) is 82.9 Å². The standard InChI is InChI=1S/C27H31N3O4S/c1-20(31)30-16-6-15-29(17-14-28-26(32)19-23(30)21-7-3-2-4-8-21)27(33)13-11-22-10-12-24(34-22)25-9-5-18-35-25/h2-5,7-10,12,18,23H,6,11,13-17,19H2,1H3,(H,28,32). The smallest absolute Gasteiger partial charge is 0.223 e. The number of amides is 3. The first-order valence-corrected chi connectivity index (χ1v) is 12.9. The fourth-order valence-electron chi connectivity index (χ4n) is 4.44. The zero-order chi connectivity index (χ0) is 24.6. The van der Waals surface area contributed by atoms with E-state index in [4.69, 9.17) is 4.42 Å². The van der Waals surface area contributed by atoms with Gasteiger partial charge in [-0.1, -0.05) is 36.4 Å². The highest BCUT2D eigenvalue weighted by atomic mass is 32.1. The van der Waals surface area contributed by atoms with Gasteiger partial charge in [0.15, 0.2) is 0 Å². The van der Waals surface area contributed by atoms with Gasteiger partial charge in [-0.05, 0) is 35.6 Å². The number of hydrogen-bond donors (Lipinski definition) is 1. The molecule has 1 atom stereocenters. The lowest BCUT2D eigenvalue weighted by atomic mass is 10.0. The molecule has 1 aliphatic heterocycles. The predicted molar refractivity (Wildman–Crippen MR) is 136 cm³/mol. The van der Waals surface area contributed by atoms with Crippen molar-refractivity contribution in [1.82, 2.24) is 15.1 Å². The monoisotopic (exact) mass is 493 g/mol. The molecule has 1 aliphatic rings. The van der Waals surface area contributed by atoms with Gasteiger partial charge in [0.2, 0.25) is 17.7 Å².